The van der Waals surface area contributed by atoms with Crippen LogP contribution in [0.15, 0.2) is 36.4 Å². The standard InChI is InChI=1S/C14H9Cl2F4N/c15-10-3-1-8(5-12(10)17)7-21-13-4-2-9(6-11(13)16)14(18,19)20/h1-6,21H,7H2. The largest absolute Gasteiger partial charge is 0.416 e. The molecule has 0 bridgehead atoms. The fourth-order valence-electron chi connectivity index (χ4n) is 1.68. The van der Waals surface area contributed by atoms with Crippen LogP contribution in [-0.2, 0) is 12.7 Å². The molecule has 1 nitrogen and oxygen atoms in total. The highest BCUT2D eigenvalue weighted by Gasteiger charge is 2.30. The van der Waals surface area contributed by atoms with E-state index in [1.54, 1.807) is 6.07 Å². The van der Waals surface area contributed by atoms with Gasteiger partial charge in [0.2, 0.25) is 0 Å². The lowest BCUT2D eigenvalue weighted by Gasteiger charge is -2.12. The highest BCUT2D eigenvalue weighted by molar-refractivity contribution is 6.33. The Morgan fingerprint density at radius 1 is 0.952 bits per heavy atom. The zero-order valence-electron chi connectivity index (χ0n) is 10.4. The minimum Gasteiger partial charge on any atom is -0.380 e. The number of hydrogen-bond acceptors (Lipinski definition) is 1. The first kappa shape index (κ1) is 15.9. The van der Waals surface area contributed by atoms with Gasteiger partial charge >= 0.3 is 6.18 Å². The van der Waals surface area contributed by atoms with Crippen LogP contribution in [0.3, 0.4) is 0 Å². The van der Waals surface area contributed by atoms with Crippen molar-refractivity contribution in [2.24, 2.45) is 0 Å². The Morgan fingerprint density at radius 2 is 1.67 bits per heavy atom. The van der Waals surface area contributed by atoms with Gasteiger partial charge < -0.3 is 5.32 Å². The molecule has 0 saturated heterocycles. The average molecular weight is 338 g/mol. The molecule has 21 heavy (non-hydrogen) atoms. The molecule has 0 aliphatic heterocycles. The van der Waals surface area contributed by atoms with Crippen LogP contribution in [0.5, 0.6) is 0 Å². The number of halogens is 6. The van der Waals surface area contributed by atoms with E-state index < -0.39 is 17.6 Å². The molecule has 7 heteroatoms. The molecule has 2 rings (SSSR count). The average Bonchev–Trinajstić information content (AvgIpc) is 2.40. The zero-order valence-corrected chi connectivity index (χ0v) is 12.0. The second kappa shape index (κ2) is 6.12. The molecule has 0 amide bonds. The van der Waals surface area contributed by atoms with E-state index in [1.807, 2.05) is 0 Å². The Kier molecular flexibility index (Phi) is 4.64. The topological polar surface area (TPSA) is 12.0 Å². The summed E-state index contributed by atoms with van der Waals surface area (Å²) in [6, 6.07) is 7.26. The summed E-state index contributed by atoms with van der Waals surface area (Å²) in [5, 5.41) is 2.80. The number of hydrogen-bond donors (Lipinski definition) is 1. The first-order chi connectivity index (χ1) is 9.77. The Labute approximate surface area is 128 Å². The summed E-state index contributed by atoms with van der Waals surface area (Å²) in [7, 11) is 0. The molecule has 2 aromatic rings. The lowest BCUT2D eigenvalue weighted by molar-refractivity contribution is -0.137. The second-order valence-electron chi connectivity index (χ2n) is 4.29. The van der Waals surface area contributed by atoms with Crippen LogP contribution in [0, 0.1) is 5.82 Å². The Bertz CT molecular complexity index is 656. The van der Waals surface area contributed by atoms with Crippen molar-refractivity contribution in [3.63, 3.8) is 0 Å². The third kappa shape index (κ3) is 4.02. The first-order valence-corrected chi connectivity index (χ1v) is 6.57. The van der Waals surface area contributed by atoms with Crippen molar-refractivity contribution < 1.29 is 17.6 Å². The maximum Gasteiger partial charge on any atom is 0.416 e. The Morgan fingerprint density at radius 3 is 2.24 bits per heavy atom. The quantitative estimate of drug-likeness (QED) is 0.701. The molecule has 1 N–H and O–H groups in total. The summed E-state index contributed by atoms with van der Waals surface area (Å²) in [6.45, 7) is 0.208. The zero-order chi connectivity index (χ0) is 15.6. The second-order valence-corrected chi connectivity index (χ2v) is 5.11. The third-order valence-electron chi connectivity index (χ3n) is 2.76. The van der Waals surface area contributed by atoms with Gasteiger partial charge in [0, 0.05) is 6.54 Å². The van der Waals surface area contributed by atoms with E-state index in [2.05, 4.69) is 5.32 Å². The minimum absolute atomic E-state index is 0.00584. The van der Waals surface area contributed by atoms with E-state index >= 15 is 0 Å². The van der Waals surface area contributed by atoms with Crippen LogP contribution >= 0.6 is 23.2 Å². The fraction of sp³-hybridized carbons (Fsp3) is 0.143. The van der Waals surface area contributed by atoms with Crippen molar-refractivity contribution in [1.82, 2.24) is 0 Å². The normalized spacial score (nSPS) is 11.5. The first-order valence-electron chi connectivity index (χ1n) is 5.82. The van der Waals surface area contributed by atoms with Crippen molar-refractivity contribution in [2.75, 3.05) is 5.32 Å². The molecule has 0 radical (unpaired) electrons. The molecule has 0 spiro atoms. The van der Waals surface area contributed by atoms with Crippen LogP contribution < -0.4 is 5.32 Å². The van der Waals surface area contributed by atoms with Crippen molar-refractivity contribution >= 4 is 28.9 Å². The number of alkyl halides is 3. The number of nitrogens with one attached hydrogen (secondary N) is 1. The van der Waals surface area contributed by atoms with Gasteiger partial charge in [-0.2, -0.15) is 13.2 Å². The molecule has 0 fully saturated rings. The molecule has 0 aliphatic rings. The van der Waals surface area contributed by atoms with Crippen molar-refractivity contribution in [3.8, 4) is 0 Å². The van der Waals surface area contributed by atoms with Gasteiger partial charge in [0.05, 0.1) is 21.3 Å². The molecule has 0 atom stereocenters. The monoisotopic (exact) mass is 337 g/mol. The number of rotatable bonds is 3. The maximum absolute atomic E-state index is 13.3. The SMILES string of the molecule is Fc1cc(CNc2ccc(C(F)(F)F)cc2Cl)ccc1Cl. The number of benzene rings is 2. The molecule has 0 unspecified atom stereocenters. The van der Waals surface area contributed by atoms with Crippen LogP contribution in [0.1, 0.15) is 11.1 Å². The van der Waals surface area contributed by atoms with Gasteiger partial charge in [0.25, 0.3) is 0 Å². The Hall–Kier alpha value is -1.46. The van der Waals surface area contributed by atoms with E-state index in [4.69, 9.17) is 23.2 Å². The summed E-state index contributed by atoms with van der Waals surface area (Å²) >= 11 is 11.4. The lowest BCUT2D eigenvalue weighted by atomic mass is 10.2. The van der Waals surface area contributed by atoms with E-state index in [0.717, 1.165) is 12.1 Å². The summed E-state index contributed by atoms with van der Waals surface area (Å²) in [5.41, 5.74) is 0.100. The minimum atomic E-state index is -4.44. The highest BCUT2D eigenvalue weighted by atomic mass is 35.5. The van der Waals surface area contributed by atoms with Crippen LogP contribution in [0.25, 0.3) is 0 Å². The van der Waals surface area contributed by atoms with Gasteiger partial charge in [-0.3, -0.25) is 0 Å². The van der Waals surface area contributed by atoms with Crippen LogP contribution in [0.4, 0.5) is 23.2 Å². The predicted octanol–water partition coefficient (Wildman–Crippen LogP) is 5.76. The van der Waals surface area contributed by atoms with Gasteiger partial charge in [-0.1, -0.05) is 29.3 Å². The fourth-order valence-corrected chi connectivity index (χ4v) is 2.05. The van der Waals surface area contributed by atoms with Crippen molar-refractivity contribution in [2.45, 2.75) is 12.7 Å². The summed E-state index contributed by atoms with van der Waals surface area (Å²) in [5.74, 6) is -0.561. The predicted molar refractivity (Wildman–Crippen MR) is 75.2 cm³/mol. The van der Waals surface area contributed by atoms with Crippen molar-refractivity contribution in [1.29, 1.82) is 0 Å². The van der Waals surface area contributed by atoms with E-state index in [1.165, 1.54) is 18.2 Å². The van der Waals surface area contributed by atoms with Gasteiger partial charge in [-0.25, -0.2) is 4.39 Å². The van der Waals surface area contributed by atoms with Crippen LogP contribution in [0.2, 0.25) is 10.0 Å². The molecule has 0 saturated carbocycles. The van der Waals surface area contributed by atoms with Gasteiger partial charge in [-0.05, 0) is 35.9 Å². The molecular weight excluding hydrogens is 329 g/mol. The molecular formula is C14H9Cl2F4N. The molecule has 0 aliphatic carbocycles. The van der Waals surface area contributed by atoms with Crippen molar-refractivity contribution in [3.05, 3.63) is 63.4 Å². The smallest absolute Gasteiger partial charge is 0.380 e. The maximum atomic E-state index is 13.3. The molecule has 112 valence electrons. The lowest BCUT2D eigenvalue weighted by Crippen LogP contribution is -2.06. The summed E-state index contributed by atoms with van der Waals surface area (Å²) < 4.78 is 50.8. The van der Waals surface area contributed by atoms with E-state index in [9.17, 15) is 17.6 Å². The van der Waals surface area contributed by atoms with E-state index in [0.29, 0.717) is 11.3 Å². The molecule has 0 heterocycles. The summed E-state index contributed by atoms with van der Waals surface area (Å²) in [4.78, 5) is 0. The van der Waals surface area contributed by atoms with Gasteiger partial charge in [0.15, 0.2) is 0 Å². The summed E-state index contributed by atoms with van der Waals surface area (Å²) in [6.07, 6.45) is -4.44. The molecule has 0 aromatic heterocycles. The Balaban J connectivity index is 2.11. The molecule has 2 aromatic carbocycles. The van der Waals surface area contributed by atoms with Gasteiger partial charge in [-0.15, -0.1) is 0 Å². The highest BCUT2D eigenvalue weighted by Crippen LogP contribution is 2.33. The third-order valence-corrected chi connectivity index (χ3v) is 3.38. The van der Waals surface area contributed by atoms with E-state index in [-0.39, 0.29) is 16.6 Å². The van der Waals surface area contributed by atoms with Crippen LogP contribution in [-0.4, -0.2) is 0 Å². The van der Waals surface area contributed by atoms with Gasteiger partial charge in [0.1, 0.15) is 5.82 Å². The number of anilines is 1.